The maximum Gasteiger partial charge on any atom is 0.431 e. The van der Waals surface area contributed by atoms with E-state index in [0.717, 1.165) is 14.2 Å². The predicted molar refractivity (Wildman–Crippen MR) is 94.1 cm³/mol. The second kappa shape index (κ2) is 8.30. The molecule has 13 heteroatoms. The number of ether oxygens (including phenoxy) is 2. The van der Waals surface area contributed by atoms with Gasteiger partial charge in [0.1, 0.15) is 11.5 Å². The molecule has 30 heavy (non-hydrogen) atoms. The second-order valence-corrected chi connectivity index (χ2v) is 6.30. The SMILES string of the molecule is COC(=O)[C@H](C)OC(=O)c1cc(-n2c(=O)cc(C(F)(F)F)n(C)c2=O)c(F)cc1Cl. The average Bonchev–Trinajstić information content (AvgIpc) is 2.64. The van der Waals surface area contributed by atoms with Gasteiger partial charge in [0.05, 0.1) is 23.4 Å². The van der Waals surface area contributed by atoms with Crippen molar-refractivity contribution < 1.29 is 36.6 Å². The van der Waals surface area contributed by atoms with Crippen LogP contribution in [0.1, 0.15) is 23.0 Å². The summed E-state index contributed by atoms with van der Waals surface area (Å²) in [4.78, 5) is 48.1. The van der Waals surface area contributed by atoms with Gasteiger partial charge in [0.2, 0.25) is 0 Å². The third kappa shape index (κ3) is 4.37. The van der Waals surface area contributed by atoms with E-state index in [2.05, 4.69) is 4.74 Å². The summed E-state index contributed by atoms with van der Waals surface area (Å²) in [5.74, 6) is -3.40. The number of halogens is 5. The molecular formula is C17H13ClF4N2O6. The van der Waals surface area contributed by atoms with Crippen LogP contribution in [0.3, 0.4) is 0 Å². The minimum Gasteiger partial charge on any atom is -0.466 e. The van der Waals surface area contributed by atoms with Crippen molar-refractivity contribution in [3.05, 3.63) is 61.1 Å². The van der Waals surface area contributed by atoms with Gasteiger partial charge < -0.3 is 9.47 Å². The highest BCUT2D eigenvalue weighted by Gasteiger charge is 2.35. The van der Waals surface area contributed by atoms with E-state index in [1.165, 1.54) is 6.92 Å². The molecule has 162 valence electrons. The molecule has 1 aromatic carbocycles. The molecule has 0 radical (unpaired) electrons. The first kappa shape index (κ1) is 23.1. The maximum atomic E-state index is 14.4. The summed E-state index contributed by atoms with van der Waals surface area (Å²) in [7, 11) is 1.78. The summed E-state index contributed by atoms with van der Waals surface area (Å²) in [6.45, 7) is 1.18. The molecule has 0 N–H and O–H groups in total. The Balaban J connectivity index is 2.65. The van der Waals surface area contributed by atoms with Crippen molar-refractivity contribution in [3.63, 3.8) is 0 Å². The van der Waals surface area contributed by atoms with Gasteiger partial charge in [-0.25, -0.2) is 23.3 Å². The first-order valence-electron chi connectivity index (χ1n) is 7.98. The molecule has 1 aromatic heterocycles. The number of nitrogens with zero attached hydrogens (tertiary/aromatic N) is 2. The van der Waals surface area contributed by atoms with Crippen LogP contribution in [0.2, 0.25) is 5.02 Å². The monoisotopic (exact) mass is 452 g/mol. The smallest absolute Gasteiger partial charge is 0.431 e. The third-order valence-electron chi connectivity index (χ3n) is 3.92. The molecule has 0 bridgehead atoms. The third-order valence-corrected chi connectivity index (χ3v) is 4.24. The van der Waals surface area contributed by atoms with Crippen LogP contribution in [-0.4, -0.2) is 34.3 Å². The Bertz CT molecular complexity index is 1140. The highest BCUT2D eigenvalue weighted by molar-refractivity contribution is 6.33. The molecule has 8 nitrogen and oxygen atoms in total. The van der Waals surface area contributed by atoms with Crippen molar-refractivity contribution in [2.75, 3.05) is 7.11 Å². The van der Waals surface area contributed by atoms with Gasteiger partial charge in [0.25, 0.3) is 5.56 Å². The molecule has 2 rings (SSSR count). The van der Waals surface area contributed by atoms with Gasteiger partial charge in [-0.05, 0) is 19.1 Å². The summed E-state index contributed by atoms with van der Waals surface area (Å²) in [6, 6.07) is 1.33. The molecule has 0 saturated carbocycles. The highest BCUT2D eigenvalue weighted by atomic mass is 35.5. The van der Waals surface area contributed by atoms with Crippen LogP contribution in [0.5, 0.6) is 0 Å². The summed E-state index contributed by atoms with van der Waals surface area (Å²) in [5, 5.41) is -0.491. The Hall–Kier alpha value is -3.15. The standard InChI is InChI=1S/C17H13ClF4N2O6/c1-7(14(26)29-3)30-15(27)8-4-11(10(19)5-9(8)18)24-13(25)6-12(17(20,21)22)23(2)16(24)28/h4-7H,1-3H3/t7-/m0/s1. The number of benzene rings is 1. The molecule has 0 aliphatic rings. The molecule has 0 fully saturated rings. The van der Waals surface area contributed by atoms with Crippen LogP contribution in [0.25, 0.3) is 5.69 Å². The molecular weight excluding hydrogens is 440 g/mol. The van der Waals surface area contributed by atoms with E-state index in [9.17, 15) is 36.7 Å². The molecule has 2 aromatic rings. The van der Waals surface area contributed by atoms with Crippen molar-refractivity contribution in [1.29, 1.82) is 0 Å². The van der Waals surface area contributed by atoms with E-state index < -0.39 is 63.3 Å². The van der Waals surface area contributed by atoms with E-state index >= 15 is 0 Å². The number of methoxy groups -OCH3 is 1. The van der Waals surface area contributed by atoms with Gasteiger partial charge in [-0.1, -0.05) is 11.6 Å². The zero-order valence-corrected chi connectivity index (χ0v) is 16.3. The Morgan fingerprint density at radius 1 is 1.17 bits per heavy atom. The summed E-state index contributed by atoms with van der Waals surface area (Å²) in [6.07, 6.45) is -6.38. The van der Waals surface area contributed by atoms with Crippen LogP contribution >= 0.6 is 11.6 Å². The fourth-order valence-corrected chi connectivity index (χ4v) is 2.65. The van der Waals surface area contributed by atoms with Gasteiger partial charge >= 0.3 is 23.8 Å². The van der Waals surface area contributed by atoms with E-state index in [1.54, 1.807) is 0 Å². The number of carbonyl (C=O) groups is 2. The van der Waals surface area contributed by atoms with Crippen molar-refractivity contribution >= 4 is 23.5 Å². The Morgan fingerprint density at radius 2 is 1.77 bits per heavy atom. The molecule has 0 saturated heterocycles. The van der Waals surface area contributed by atoms with Crippen molar-refractivity contribution in [3.8, 4) is 5.69 Å². The van der Waals surface area contributed by atoms with E-state index in [4.69, 9.17) is 16.3 Å². The first-order chi connectivity index (χ1) is 13.8. The van der Waals surface area contributed by atoms with Crippen molar-refractivity contribution in [1.82, 2.24) is 9.13 Å². The quantitative estimate of drug-likeness (QED) is 0.520. The molecule has 0 unspecified atom stereocenters. The van der Waals surface area contributed by atoms with Crippen molar-refractivity contribution in [2.45, 2.75) is 19.2 Å². The fourth-order valence-electron chi connectivity index (χ4n) is 2.42. The van der Waals surface area contributed by atoms with Gasteiger partial charge in [-0.3, -0.25) is 9.36 Å². The normalized spacial score (nSPS) is 12.4. The van der Waals surface area contributed by atoms with Crippen LogP contribution < -0.4 is 11.2 Å². The van der Waals surface area contributed by atoms with Gasteiger partial charge in [0, 0.05) is 13.1 Å². The minimum atomic E-state index is -5.01. The average molecular weight is 453 g/mol. The number of hydrogen-bond donors (Lipinski definition) is 0. The molecule has 0 amide bonds. The zero-order valence-electron chi connectivity index (χ0n) is 15.5. The van der Waals surface area contributed by atoms with Gasteiger partial charge in [0.15, 0.2) is 6.10 Å². The fraction of sp³-hybridized carbons (Fsp3) is 0.294. The van der Waals surface area contributed by atoms with Crippen LogP contribution in [-0.2, 0) is 27.5 Å². The zero-order chi connectivity index (χ0) is 23.0. The predicted octanol–water partition coefficient (Wildman–Crippen LogP) is 2.07. The summed E-state index contributed by atoms with van der Waals surface area (Å²) < 4.78 is 62.7. The lowest BCUT2D eigenvalue weighted by Gasteiger charge is -2.16. The highest BCUT2D eigenvalue weighted by Crippen LogP contribution is 2.27. The number of rotatable bonds is 4. The van der Waals surface area contributed by atoms with Gasteiger partial charge in [-0.15, -0.1) is 0 Å². The molecule has 1 heterocycles. The molecule has 0 spiro atoms. The van der Waals surface area contributed by atoms with Crippen LogP contribution in [0, 0.1) is 5.82 Å². The number of esters is 2. The Morgan fingerprint density at radius 3 is 2.30 bits per heavy atom. The first-order valence-corrected chi connectivity index (χ1v) is 8.35. The van der Waals surface area contributed by atoms with Gasteiger partial charge in [-0.2, -0.15) is 13.2 Å². The lowest BCUT2D eigenvalue weighted by molar-refractivity contribution is -0.149. The summed E-state index contributed by atoms with van der Waals surface area (Å²) >= 11 is 5.80. The lowest BCUT2D eigenvalue weighted by atomic mass is 10.2. The number of aromatic nitrogens is 2. The largest absolute Gasteiger partial charge is 0.466 e. The lowest BCUT2D eigenvalue weighted by Crippen LogP contribution is -2.41. The van der Waals surface area contributed by atoms with E-state index in [1.807, 2.05) is 0 Å². The molecule has 0 aliphatic heterocycles. The minimum absolute atomic E-state index is 0.0986. The summed E-state index contributed by atoms with van der Waals surface area (Å²) in [5.41, 5.74) is -5.93. The van der Waals surface area contributed by atoms with Crippen molar-refractivity contribution in [2.24, 2.45) is 7.05 Å². The molecule has 1 atom stereocenters. The number of carbonyl (C=O) groups excluding carboxylic acids is 2. The maximum absolute atomic E-state index is 14.4. The second-order valence-electron chi connectivity index (χ2n) is 5.90. The Labute approximate surface area is 170 Å². The van der Waals surface area contributed by atoms with E-state index in [0.29, 0.717) is 12.1 Å². The van der Waals surface area contributed by atoms with Crippen LogP contribution in [0.15, 0.2) is 27.8 Å². The van der Waals surface area contributed by atoms with Crippen LogP contribution in [0.4, 0.5) is 17.6 Å². The topological polar surface area (TPSA) is 96.6 Å². The van der Waals surface area contributed by atoms with E-state index in [-0.39, 0.29) is 15.2 Å². The number of hydrogen-bond acceptors (Lipinski definition) is 6. The Kier molecular flexibility index (Phi) is 6.40. The molecule has 0 aliphatic carbocycles. The number of alkyl halides is 3.